The lowest BCUT2D eigenvalue weighted by Gasteiger charge is -2.33. The zero-order valence-corrected chi connectivity index (χ0v) is 12.3. The Morgan fingerprint density at radius 2 is 2.06 bits per heavy atom. The third-order valence-electron chi connectivity index (χ3n) is 3.21. The number of benzene rings is 1. The Kier molecular flexibility index (Phi) is 4.42. The highest BCUT2D eigenvalue weighted by Crippen LogP contribution is 2.29. The molecule has 18 heavy (non-hydrogen) atoms. The fraction of sp³-hybridized carbons (Fsp3) is 0.500. The summed E-state index contributed by atoms with van der Waals surface area (Å²) in [5, 5.41) is 9.32. The normalized spacial score (nSPS) is 22.0. The molecular weight excluding hydrogens is 318 g/mol. The first kappa shape index (κ1) is 14.0. The Morgan fingerprint density at radius 1 is 1.33 bits per heavy atom. The Labute approximate surface area is 116 Å². The molecule has 1 N–H and O–H groups in total. The van der Waals surface area contributed by atoms with E-state index in [2.05, 4.69) is 15.9 Å². The van der Waals surface area contributed by atoms with Crippen LogP contribution in [0.1, 0.15) is 19.3 Å². The summed E-state index contributed by atoms with van der Waals surface area (Å²) in [4.78, 5) is 0.269. The quantitative estimate of drug-likeness (QED) is 0.920. The summed E-state index contributed by atoms with van der Waals surface area (Å²) in [5.41, 5.74) is 0. The molecule has 2 rings (SSSR count). The summed E-state index contributed by atoms with van der Waals surface area (Å²) < 4.78 is 27.1. The van der Waals surface area contributed by atoms with Crippen molar-refractivity contribution < 1.29 is 13.5 Å². The Hall–Kier alpha value is -0.430. The maximum absolute atomic E-state index is 12.6. The van der Waals surface area contributed by atoms with Gasteiger partial charge in [-0.25, -0.2) is 8.42 Å². The van der Waals surface area contributed by atoms with Crippen molar-refractivity contribution in [2.45, 2.75) is 30.2 Å². The lowest BCUT2D eigenvalue weighted by molar-refractivity contribution is 0.155. The molecule has 100 valence electrons. The average Bonchev–Trinajstić information content (AvgIpc) is 2.39. The first-order valence-corrected chi connectivity index (χ1v) is 8.18. The number of piperidine rings is 1. The van der Waals surface area contributed by atoms with Crippen molar-refractivity contribution in [2.75, 3.05) is 13.2 Å². The first-order chi connectivity index (χ1) is 8.57. The fourth-order valence-corrected chi connectivity index (χ4v) is 4.90. The predicted molar refractivity (Wildman–Crippen MR) is 72.8 cm³/mol. The van der Waals surface area contributed by atoms with Gasteiger partial charge in [-0.3, -0.25) is 0 Å². The Morgan fingerprint density at radius 3 is 2.72 bits per heavy atom. The van der Waals surface area contributed by atoms with Gasteiger partial charge in [-0.05, 0) is 40.9 Å². The fourth-order valence-electron chi connectivity index (χ4n) is 2.25. The minimum atomic E-state index is -3.53. The zero-order valence-electron chi connectivity index (χ0n) is 9.92. The molecule has 0 aromatic heterocycles. The molecule has 6 heteroatoms. The zero-order chi connectivity index (χ0) is 13.2. The molecular formula is C12H16BrNO3S. The molecule has 0 saturated carbocycles. The summed E-state index contributed by atoms with van der Waals surface area (Å²) in [6.45, 7) is 0.360. The van der Waals surface area contributed by atoms with Gasteiger partial charge in [0, 0.05) is 17.1 Å². The highest BCUT2D eigenvalue weighted by atomic mass is 79.9. The summed E-state index contributed by atoms with van der Waals surface area (Å²) >= 11 is 3.27. The van der Waals surface area contributed by atoms with Crippen LogP contribution >= 0.6 is 15.9 Å². The van der Waals surface area contributed by atoms with Crippen molar-refractivity contribution >= 4 is 26.0 Å². The van der Waals surface area contributed by atoms with Crippen molar-refractivity contribution in [1.82, 2.24) is 4.31 Å². The number of hydrogen-bond donors (Lipinski definition) is 1. The van der Waals surface area contributed by atoms with Crippen molar-refractivity contribution in [3.05, 3.63) is 28.7 Å². The molecule has 1 unspecified atom stereocenters. The number of sulfonamides is 1. The third-order valence-corrected chi connectivity index (χ3v) is 6.17. The molecule has 1 aromatic carbocycles. The van der Waals surface area contributed by atoms with Gasteiger partial charge >= 0.3 is 0 Å². The van der Waals surface area contributed by atoms with Gasteiger partial charge in [0.2, 0.25) is 10.0 Å². The largest absolute Gasteiger partial charge is 0.395 e. The molecule has 0 aliphatic carbocycles. The summed E-state index contributed by atoms with van der Waals surface area (Å²) in [6, 6.07) is 6.49. The van der Waals surface area contributed by atoms with Crippen LogP contribution in [0.2, 0.25) is 0 Å². The van der Waals surface area contributed by atoms with Crippen LogP contribution in [-0.2, 0) is 10.0 Å². The predicted octanol–water partition coefficient (Wildman–Crippen LogP) is 1.98. The van der Waals surface area contributed by atoms with Gasteiger partial charge in [-0.1, -0.05) is 18.6 Å². The van der Waals surface area contributed by atoms with Crippen LogP contribution in [0.5, 0.6) is 0 Å². The van der Waals surface area contributed by atoms with Crippen molar-refractivity contribution in [3.8, 4) is 0 Å². The van der Waals surface area contributed by atoms with Gasteiger partial charge in [0.15, 0.2) is 0 Å². The van der Waals surface area contributed by atoms with Crippen LogP contribution in [0.15, 0.2) is 33.6 Å². The van der Waals surface area contributed by atoms with E-state index in [9.17, 15) is 13.5 Å². The van der Waals surface area contributed by atoms with E-state index in [1.54, 1.807) is 24.3 Å². The molecule has 1 fully saturated rings. The smallest absolute Gasteiger partial charge is 0.244 e. The molecule has 1 aromatic rings. The van der Waals surface area contributed by atoms with E-state index in [1.807, 2.05) is 0 Å². The number of aliphatic hydroxyl groups is 1. The maximum Gasteiger partial charge on any atom is 0.244 e. The van der Waals surface area contributed by atoms with Gasteiger partial charge < -0.3 is 5.11 Å². The van der Waals surface area contributed by atoms with E-state index >= 15 is 0 Å². The second kappa shape index (κ2) is 5.69. The topological polar surface area (TPSA) is 57.6 Å². The van der Waals surface area contributed by atoms with Crippen LogP contribution in [0.25, 0.3) is 0 Å². The van der Waals surface area contributed by atoms with Crippen LogP contribution < -0.4 is 0 Å². The second-order valence-corrected chi connectivity index (χ2v) is 7.09. The number of halogens is 1. The number of hydrogen-bond acceptors (Lipinski definition) is 3. The van der Waals surface area contributed by atoms with E-state index in [0.29, 0.717) is 11.0 Å². The Bertz CT molecular complexity index is 518. The molecule has 1 heterocycles. The van der Waals surface area contributed by atoms with E-state index in [4.69, 9.17) is 0 Å². The van der Waals surface area contributed by atoms with Crippen molar-refractivity contribution in [1.29, 1.82) is 0 Å². The SMILES string of the molecule is O=S(=O)(c1ccccc1Br)N1CCCCC1CO. The summed E-state index contributed by atoms with van der Waals surface area (Å²) in [7, 11) is -3.53. The lowest BCUT2D eigenvalue weighted by Crippen LogP contribution is -2.45. The van der Waals surface area contributed by atoms with Gasteiger partial charge in [0.05, 0.1) is 11.5 Å². The van der Waals surface area contributed by atoms with E-state index in [1.165, 1.54) is 4.31 Å². The number of nitrogens with zero attached hydrogens (tertiary/aromatic N) is 1. The monoisotopic (exact) mass is 333 g/mol. The highest BCUT2D eigenvalue weighted by molar-refractivity contribution is 9.10. The van der Waals surface area contributed by atoms with E-state index in [0.717, 1.165) is 19.3 Å². The minimum absolute atomic E-state index is 0.121. The molecule has 1 aliphatic heterocycles. The molecule has 0 radical (unpaired) electrons. The van der Waals surface area contributed by atoms with E-state index in [-0.39, 0.29) is 17.5 Å². The van der Waals surface area contributed by atoms with Crippen LogP contribution in [0, 0.1) is 0 Å². The average molecular weight is 334 g/mol. The molecule has 0 bridgehead atoms. The third kappa shape index (κ3) is 2.61. The maximum atomic E-state index is 12.6. The summed E-state index contributed by atoms with van der Waals surface area (Å²) in [5.74, 6) is 0. The molecule has 0 spiro atoms. The molecule has 1 saturated heterocycles. The van der Waals surface area contributed by atoms with Gasteiger partial charge in [0.1, 0.15) is 0 Å². The lowest BCUT2D eigenvalue weighted by atomic mass is 10.1. The van der Waals surface area contributed by atoms with Crippen LogP contribution in [-0.4, -0.2) is 37.0 Å². The Balaban J connectivity index is 2.39. The molecule has 1 aliphatic rings. The van der Waals surface area contributed by atoms with Crippen molar-refractivity contribution in [2.24, 2.45) is 0 Å². The van der Waals surface area contributed by atoms with Crippen molar-refractivity contribution in [3.63, 3.8) is 0 Å². The van der Waals surface area contributed by atoms with Crippen LogP contribution in [0.4, 0.5) is 0 Å². The van der Waals surface area contributed by atoms with Gasteiger partial charge in [-0.15, -0.1) is 0 Å². The van der Waals surface area contributed by atoms with Gasteiger partial charge in [-0.2, -0.15) is 4.31 Å². The first-order valence-electron chi connectivity index (χ1n) is 5.94. The molecule has 1 atom stereocenters. The highest BCUT2D eigenvalue weighted by Gasteiger charge is 2.33. The number of aliphatic hydroxyl groups excluding tert-OH is 1. The van der Waals surface area contributed by atoms with Crippen LogP contribution in [0.3, 0.4) is 0 Å². The number of rotatable bonds is 3. The summed E-state index contributed by atoms with van der Waals surface area (Å²) in [6.07, 6.45) is 2.54. The molecule has 0 amide bonds. The van der Waals surface area contributed by atoms with E-state index < -0.39 is 10.0 Å². The molecule has 4 nitrogen and oxygen atoms in total. The standard InChI is InChI=1S/C12H16BrNO3S/c13-11-6-1-2-7-12(11)18(16,17)14-8-4-3-5-10(14)9-15/h1-2,6-7,10,15H,3-5,8-9H2. The second-order valence-electron chi connectivity index (χ2n) is 4.38. The van der Waals surface area contributed by atoms with Gasteiger partial charge in [0.25, 0.3) is 0 Å². The minimum Gasteiger partial charge on any atom is -0.395 e.